The average Bonchev–Trinajstić information content (AvgIpc) is 2.52. The van der Waals surface area contributed by atoms with Crippen LogP contribution in [-0.4, -0.2) is 33.3 Å². The molecule has 6 nitrogen and oxygen atoms in total. The number of rotatable bonds is 6. The summed E-state index contributed by atoms with van der Waals surface area (Å²) in [4.78, 5) is 31.2. The molecule has 0 bridgehead atoms. The standard InChI is InChI=1S/C14H12Cl2N4O2S/c15-11-3-1-9(5-17-11)19-13(21)7-23-8-14(22)20-10-2-4-12(16)18-6-10/h1-6H,7-8H2,(H,19,21)(H,20,22). The lowest BCUT2D eigenvalue weighted by Crippen LogP contribution is -2.18. The van der Waals surface area contributed by atoms with E-state index in [1.54, 1.807) is 24.3 Å². The zero-order valence-electron chi connectivity index (χ0n) is 11.8. The van der Waals surface area contributed by atoms with Gasteiger partial charge in [-0.1, -0.05) is 23.2 Å². The van der Waals surface area contributed by atoms with Crippen molar-refractivity contribution in [3.8, 4) is 0 Å². The Labute approximate surface area is 147 Å². The molecule has 0 unspecified atom stereocenters. The summed E-state index contributed by atoms with van der Waals surface area (Å²) < 4.78 is 0. The molecule has 0 fully saturated rings. The third-order valence-electron chi connectivity index (χ3n) is 2.49. The topological polar surface area (TPSA) is 84.0 Å². The number of halogens is 2. The lowest BCUT2D eigenvalue weighted by Gasteiger charge is -2.06. The summed E-state index contributed by atoms with van der Waals surface area (Å²) >= 11 is 12.5. The van der Waals surface area contributed by atoms with E-state index in [4.69, 9.17) is 23.2 Å². The largest absolute Gasteiger partial charge is 0.324 e. The van der Waals surface area contributed by atoms with Gasteiger partial charge >= 0.3 is 0 Å². The number of hydrogen-bond acceptors (Lipinski definition) is 5. The van der Waals surface area contributed by atoms with Crippen LogP contribution in [0.2, 0.25) is 10.3 Å². The van der Waals surface area contributed by atoms with Gasteiger partial charge in [0.25, 0.3) is 0 Å². The fourth-order valence-corrected chi connectivity index (χ4v) is 2.37. The van der Waals surface area contributed by atoms with E-state index in [0.29, 0.717) is 21.7 Å². The van der Waals surface area contributed by atoms with Crippen molar-refractivity contribution in [2.24, 2.45) is 0 Å². The maximum atomic E-state index is 11.7. The van der Waals surface area contributed by atoms with Gasteiger partial charge in [0, 0.05) is 0 Å². The quantitative estimate of drug-likeness (QED) is 0.763. The highest BCUT2D eigenvalue weighted by atomic mass is 35.5. The third kappa shape index (κ3) is 6.43. The molecule has 2 aromatic heterocycles. The summed E-state index contributed by atoms with van der Waals surface area (Å²) in [7, 11) is 0. The van der Waals surface area contributed by atoms with Crippen molar-refractivity contribution in [1.29, 1.82) is 0 Å². The van der Waals surface area contributed by atoms with Crippen LogP contribution in [0.5, 0.6) is 0 Å². The molecule has 0 radical (unpaired) electrons. The minimum Gasteiger partial charge on any atom is -0.324 e. The molecule has 0 aliphatic carbocycles. The molecule has 120 valence electrons. The Morgan fingerprint density at radius 2 is 1.30 bits per heavy atom. The molecule has 0 atom stereocenters. The highest BCUT2D eigenvalue weighted by molar-refractivity contribution is 8.00. The highest BCUT2D eigenvalue weighted by Crippen LogP contribution is 2.12. The zero-order chi connectivity index (χ0) is 16.7. The lowest BCUT2D eigenvalue weighted by molar-refractivity contribution is -0.114. The number of amides is 2. The van der Waals surface area contributed by atoms with E-state index >= 15 is 0 Å². The van der Waals surface area contributed by atoms with Crippen LogP contribution in [0.4, 0.5) is 11.4 Å². The van der Waals surface area contributed by atoms with E-state index in [2.05, 4.69) is 20.6 Å². The zero-order valence-corrected chi connectivity index (χ0v) is 14.1. The van der Waals surface area contributed by atoms with Gasteiger partial charge in [0.2, 0.25) is 11.8 Å². The molecule has 0 aliphatic rings. The molecule has 2 amide bonds. The molecule has 0 spiro atoms. The maximum Gasteiger partial charge on any atom is 0.234 e. The monoisotopic (exact) mass is 370 g/mol. The molecular weight excluding hydrogens is 359 g/mol. The van der Waals surface area contributed by atoms with Gasteiger partial charge in [0.1, 0.15) is 10.3 Å². The van der Waals surface area contributed by atoms with Crippen molar-refractivity contribution in [3.63, 3.8) is 0 Å². The normalized spacial score (nSPS) is 10.2. The molecule has 9 heteroatoms. The molecule has 0 saturated heterocycles. The van der Waals surface area contributed by atoms with E-state index in [0.717, 1.165) is 0 Å². The van der Waals surface area contributed by atoms with Gasteiger partial charge in [0.05, 0.1) is 35.3 Å². The van der Waals surface area contributed by atoms with Crippen LogP contribution in [0.15, 0.2) is 36.7 Å². The van der Waals surface area contributed by atoms with E-state index < -0.39 is 0 Å². The first-order chi connectivity index (χ1) is 11.0. The van der Waals surface area contributed by atoms with E-state index in [-0.39, 0.29) is 23.3 Å². The molecular formula is C14H12Cl2N4O2S. The van der Waals surface area contributed by atoms with Crippen LogP contribution in [0.1, 0.15) is 0 Å². The maximum absolute atomic E-state index is 11.7. The molecule has 0 aromatic carbocycles. The molecule has 2 aromatic rings. The number of carbonyl (C=O) groups excluding carboxylic acids is 2. The number of hydrogen-bond donors (Lipinski definition) is 2. The first-order valence-corrected chi connectivity index (χ1v) is 8.34. The Hall–Kier alpha value is -1.83. The van der Waals surface area contributed by atoms with Crippen LogP contribution < -0.4 is 10.6 Å². The second kappa shape index (κ2) is 8.71. The Morgan fingerprint density at radius 1 is 0.870 bits per heavy atom. The van der Waals surface area contributed by atoms with E-state index in [1.807, 2.05) is 0 Å². The molecule has 2 heterocycles. The molecule has 0 saturated carbocycles. The minimum absolute atomic E-state index is 0.148. The fourth-order valence-electron chi connectivity index (χ4n) is 1.53. The summed E-state index contributed by atoms with van der Waals surface area (Å²) in [5.41, 5.74) is 1.10. The smallest absolute Gasteiger partial charge is 0.234 e. The van der Waals surface area contributed by atoms with Crippen molar-refractivity contribution < 1.29 is 9.59 Å². The number of anilines is 2. The van der Waals surface area contributed by atoms with Crippen LogP contribution in [0.3, 0.4) is 0 Å². The van der Waals surface area contributed by atoms with E-state index in [9.17, 15) is 9.59 Å². The molecule has 2 N–H and O–H groups in total. The Bertz CT molecular complexity index is 621. The number of aromatic nitrogens is 2. The Kier molecular flexibility index (Phi) is 6.64. The molecule has 23 heavy (non-hydrogen) atoms. The summed E-state index contributed by atoms with van der Waals surface area (Å²) in [5, 5.41) is 6.03. The number of nitrogens with one attached hydrogen (secondary N) is 2. The second-order valence-electron chi connectivity index (χ2n) is 4.33. The summed E-state index contributed by atoms with van der Waals surface area (Å²) in [6.07, 6.45) is 2.93. The lowest BCUT2D eigenvalue weighted by atomic mass is 10.4. The van der Waals surface area contributed by atoms with Gasteiger partial charge < -0.3 is 10.6 Å². The predicted octanol–water partition coefficient (Wildman–Crippen LogP) is 3.09. The SMILES string of the molecule is O=C(CSCC(=O)Nc1ccc(Cl)nc1)Nc1ccc(Cl)nc1. The summed E-state index contributed by atoms with van der Waals surface area (Å²) in [6, 6.07) is 6.46. The van der Waals surface area contributed by atoms with Crippen molar-refractivity contribution >= 4 is 58.2 Å². The van der Waals surface area contributed by atoms with Gasteiger partial charge in [-0.25, -0.2) is 9.97 Å². The molecule has 2 rings (SSSR count). The first kappa shape index (κ1) is 17.5. The van der Waals surface area contributed by atoms with Crippen molar-refractivity contribution in [2.75, 3.05) is 22.1 Å². The average molecular weight is 371 g/mol. The number of pyridine rings is 2. The Balaban J connectivity index is 1.69. The molecule has 0 aliphatic heterocycles. The predicted molar refractivity (Wildman–Crippen MR) is 93.1 cm³/mol. The van der Waals surface area contributed by atoms with Gasteiger partial charge in [0.15, 0.2) is 0 Å². The van der Waals surface area contributed by atoms with E-state index in [1.165, 1.54) is 24.2 Å². The first-order valence-electron chi connectivity index (χ1n) is 6.43. The van der Waals surface area contributed by atoms with Crippen LogP contribution in [-0.2, 0) is 9.59 Å². The van der Waals surface area contributed by atoms with Crippen molar-refractivity contribution in [3.05, 3.63) is 47.0 Å². The van der Waals surface area contributed by atoms with Crippen LogP contribution >= 0.6 is 35.0 Å². The number of thioether (sulfide) groups is 1. The second-order valence-corrected chi connectivity index (χ2v) is 6.09. The van der Waals surface area contributed by atoms with Gasteiger partial charge in [-0.2, -0.15) is 0 Å². The van der Waals surface area contributed by atoms with Crippen molar-refractivity contribution in [2.45, 2.75) is 0 Å². The van der Waals surface area contributed by atoms with Crippen LogP contribution in [0.25, 0.3) is 0 Å². The third-order valence-corrected chi connectivity index (χ3v) is 3.87. The van der Waals surface area contributed by atoms with Crippen LogP contribution in [0, 0.1) is 0 Å². The van der Waals surface area contributed by atoms with Gasteiger partial charge in [-0.3, -0.25) is 9.59 Å². The fraction of sp³-hybridized carbons (Fsp3) is 0.143. The van der Waals surface area contributed by atoms with Gasteiger partial charge in [-0.05, 0) is 24.3 Å². The van der Waals surface area contributed by atoms with Crippen molar-refractivity contribution in [1.82, 2.24) is 9.97 Å². The number of carbonyl (C=O) groups is 2. The number of nitrogens with zero attached hydrogens (tertiary/aromatic N) is 2. The Morgan fingerprint density at radius 3 is 1.65 bits per heavy atom. The highest BCUT2D eigenvalue weighted by Gasteiger charge is 2.07. The van der Waals surface area contributed by atoms with Gasteiger partial charge in [-0.15, -0.1) is 11.8 Å². The minimum atomic E-state index is -0.222. The summed E-state index contributed by atoms with van der Waals surface area (Å²) in [6.45, 7) is 0. The summed E-state index contributed by atoms with van der Waals surface area (Å²) in [5.74, 6) is -0.149.